The minimum atomic E-state index is -0.973. The molecule has 0 bridgehead atoms. The zero-order valence-electron chi connectivity index (χ0n) is 12.2. The SMILES string of the molecule is Cc1cccc(C2(C(=O)N(C)C(C)C(=O)O)CCC2)c1. The maximum atomic E-state index is 12.8. The third-order valence-corrected chi connectivity index (χ3v) is 4.45. The molecule has 1 fully saturated rings. The van der Waals surface area contributed by atoms with E-state index in [1.54, 1.807) is 14.0 Å². The summed E-state index contributed by atoms with van der Waals surface area (Å²) < 4.78 is 0. The van der Waals surface area contributed by atoms with Crippen molar-refractivity contribution in [3.05, 3.63) is 35.4 Å². The van der Waals surface area contributed by atoms with Crippen molar-refractivity contribution in [1.29, 1.82) is 0 Å². The van der Waals surface area contributed by atoms with Crippen molar-refractivity contribution >= 4 is 11.9 Å². The highest BCUT2D eigenvalue weighted by atomic mass is 16.4. The van der Waals surface area contributed by atoms with Crippen LogP contribution in [0, 0.1) is 6.92 Å². The Balaban J connectivity index is 2.32. The number of likely N-dealkylation sites (N-methyl/N-ethyl adjacent to an activating group) is 1. The number of carboxylic acid groups (broad SMARTS) is 1. The first-order chi connectivity index (χ1) is 9.38. The van der Waals surface area contributed by atoms with E-state index in [1.807, 2.05) is 31.2 Å². The van der Waals surface area contributed by atoms with Gasteiger partial charge in [-0.25, -0.2) is 4.79 Å². The molecule has 0 aliphatic heterocycles. The molecule has 1 aromatic rings. The van der Waals surface area contributed by atoms with Crippen molar-refractivity contribution in [2.45, 2.75) is 44.6 Å². The van der Waals surface area contributed by atoms with Crippen LogP contribution in [-0.4, -0.2) is 35.0 Å². The lowest BCUT2D eigenvalue weighted by Gasteiger charge is -2.44. The number of benzene rings is 1. The van der Waals surface area contributed by atoms with E-state index in [2.05, 4.69) is 0 Å². The normalized spacial score (nSPS) is 17.9. The van der Waals surface area contributed by atoms with Crippen LogP contribution < -0.4 is 0 Å². The van der Waals surface area contributed by atoms with Gasteiger partial charge in [-0.1, -0.05) is 36.2 Å². The number of rotatable bonds is 4. The summed E-state index contributed by atoms with van der Waals surface area (Å²) in [6.45, 7) is 3.55. The van der Waals surface area contributed by atoms with Crippen LogP contribution in [0.1, 0.15) is 37.3 Å². The molecule has 1 atom stereocenters. The summed E-state index contributed by atoms with van der Waals surface area (Å²) in [5.74, 6) is -1.05. The molecule has 1 aliphatic carbocycles. The smallest absolute Gasteiger partial charge is 0.326 e. The van der Waals surface area contributed by atoms with Crippen molar-refractivity contribution in [3.63, 3.8) is 0 Å². The molecule has 0 radical (unpaired) electrons. The molecule has 0 aromatic heterocycles. The van der Waals surface area contributed by atoms with Crippen LogP contribution in [0.15, 0.2) is 24.3 Å². The predicted molar refractivity (Wildman–Crippen MR) is 76.6 cm³/mol. The molecule has 1 amide bonds. The van der Waals surface area contributed by atoms with Gasteiger partial charge in [0.1, 0.15) is 6.04 Å². The van der Waals surface area contributed by atoms with E-state index in [9.17, 15) is 9.59 Å². The first-order valence-electron chi connectivity index (χ1n) is 6.96. The first-order valence-corrected chi connectivity index (χ1v) is 6.96. The van der Waals surface area contributed by atoms with Gasteiger partial charge in [-0.3, -0.25) is 4.79 Å². The van der Waals surface area contributed by atoms with E-state index < -0.39 is 17.4 Å². The van der Waals surface area contributed by atoms with Gasteiger partial charge in [-0.05, 0) is 32.3 Å². The molecular weight excluding hydrogens is 254 g/mol. The average molecular weight is 275 g/mol. The fourth-order valence-electron chi connectivity index (χ4n) is 2.78. The zero-order valence-corrected chi connectivity index (χ0v) is 12.2. The highest BCUT2D eigenvalue weighted by Crippen LogP contribution is 2.45. The van der Waals surface area contributed by atoms with Crippen LogP contribution in [-0.2, 0) is 15.0 Å². The highest BCUT2D eigenvalue weighted by Gasteiger charge is 2.48. The molecule has 1 unspecified atom stereocenters. The van der Waals surface area contributed by atoms with Crippen LogP contribution in [0.25, 0.3) is 0 Å². The molecule has 20 heavy (non-hydrogen) atoms. The summed E-state index contributed by atoms with van der Waals surface area (Å²) in [6.07, 6.45) is 2.60. The summed E-state index contributed by atoms with van der Waals surface area (Å²) in [6, 6.07) is 7.17. The van der Waals surface area contributed by atoms with Gasteiger partial charge < -0.3 is 10.0 Å². The number of carbonyl (C=O) groups is 2. The summed E-state index contributed by atoms with van der Waals surface area (Å²) >= 11 is 0. The Labute approximate surface area is 119 Å². The number of aliphatic carboxylic acids is 1. The zero-order chi connectivity index (χ0) is 14.9. The van der Waals surface area contributed by atoms with Gasteiger partial charge in [-0.15, -0.1) is 0 Å². The minimum absolute atomic E-state index is 0.0794. The van der Waals surface area contributed by atoms with Crippen LogP contribution in [0.4, 0.5) is 0 Å². The van der Waals surface area contributed by atoms with Crippen molar-refractivity contribution < 1.29 is 14.7 Å². The number of carboxylic acids is 1. The summed E-state index contributed by atoms with van der Waals surface area (Å²) in [7, 11) is 1.58. The number of hydrogen-bond donors (Lipinski definition) is 1. The monoisotopic (exact) mass is 275 g/mol. The lowest BCUT2D eigenvalue weighted by atomic mass is 9.63. The Kier molecular flexibility index (Phi) is 3.84. The molecule has 0 spiro atoms. The highest BCUT2D eigenvalue weighted by molar-refractivity contribution is 5.92. The summed E-state index contributed by atoms with van der Waals surface area (Å²) in [5, 5.41) is 9.08. The Morgan fingerprint density at radius 3 is 2.45 bits per heavy atom. The summed E-state index contributed by atoms with van der Waals surface area (Å²) in [5.41, 5.74) is 1.61. The van der Waals surface area contributed by atoms with E-state index in [1.165, 1.54) is 4.90 Å². The molecule has 1 saturated carbocycles. The van der Waals surface area contributed by atoms with Gasteiger partial charge in [0.2, 0.25) is 5.91 Å². The Morgan fingerprint density at radius 1 is 1.35 bits per heavy atom. The third-order valence-electron chi connectivity index (χ3n) is 4.45. The van der Waals surface area contributed by atoms with Crippen molar-refractivity contribution in [1.82, 2.24) is 4.90 Å². The number of carbonyl (C=O) groups excluding carboxylic acids is 1. The average Bonchev–Trinajstić information content (AvgIpc) is 2.35. The molecule has 4 heteroatoms. The topological polar surface area (TPSA) is 57.6 Å². The molecule has 0 saturated heterocycles. The third kappa shape index (κ3) is 2.30. The number of amides is 1. The van der Waals surface area contributed by atoms with Gasteiger partial charge in [0, 0.05) is 7.05 Å². The molecule has 4 nitrogen and oxygen atoms in total. The molecule has 1 N–H and O–H groups in total. The van der Waals surface area contributed by atoms with Crippen LogP contribution in [0.5, 0.6) is 0 Å². The van der Waals surface area contributed by atoms with Crippen molar-refractivity contribution in [2.75, 3.05) is 7.05 Å². The van der Waals surface area contributed by atoms with E-state index in [4.69, 9.17) is 5.11 Å². The predicted octanol–water partition coefficient (Wildman–Crippen LogP) is 2.35. The lowest BCUT2D eigenvalue weighted by molar-refractivity contribution is -0.152. The maximum Gasteiger partial charge on any atom is 0.326 e. The quantitative estimate of drug-likeness (QED) is 0.917. The van der Waals surface area contributed by atoms with Gasteiger partial charge >= 0.3 is 5.97 Å². The van der Waals surface area contributed by atoms with E-state index in [0.29, 0.717) is 0 Å². The molecule has 2 rings (SSSR count). The Bertz CT molecular complexity index is 534. The van der Waals surface area contributed by atoms with Crippen LogP contribution >= 0.6 is 0 Å². The van der Waals surface area contributed by atoms with Gasteiger partial charge in [0.15, 0.2) is 0 Å². The fraction of sp³-hybridized carbons (Fsp3) is 0.500. The Hall–Kier alpha value is -1.84. The van der Waals surface area contributed by atoms with Gasteiger partial charge in [0.05, 0.1) is 5.41 Å². The van der Waals surface area contributed by atoms with Gasteiger partial charge in [0.25, 0.3) is 0 Å². The second kappa shape index (κ2) is 5.27. The van der Waals surface area contributed by atoms with E-state index in [-0.39, 0.29) is 5.91 Å². The van der Waals surface area contributed by atoms with E-state index in [0.717, 1.165) is 30.4 Å². The largest absolute Gasteiger partial charge is 0.480 e. The molecular formula is C16H21NO3. The summed E-state index contributed by atoms with van der Waals surface area (Å²) in [4.78, 5) is 25.2. The van der Waals surface area contributed by atoms with Crippen molar-refractivity contribution in [2.24, 2.45) is 0 Å². The number of aryl methyl sites for hydroxylation is 1. The van der Waals surface area contributed by atoms with Crippen LogP contribution in [0.3, 0.4) is 0 Å². The number of nitrogens with zero attached hydrogens (tertiary/aromatic N) is 1. The lowest BCUT2D eigenvalue weighted by Crippen LogP contribution is -2.53. The van der Waals surface area contributed by atoms with Crippen molar-refractivity contribution in [3.8, 4) is 0 Å². The molecule has 0 heterocycles. The first kappa shape index (κ1) is 14.6. The maximum absolute atomic E-state index is 12.8. The molecule has 1 aromatic carbocycles. The van der Waals surface area contributed by atoms with Gasteiger partial charge in [-0.2, -0.15) is 0 Å². The fourth-order valence-corrected chi connectivity index (χ4v) is 2.78. The standard InChI is InChI=1S/C16H21NO3/c1-11-6-4-7-13(10-11)16(8-5-9-16)15(20)17(3)12(2)14(18)19/h4,6-7,10,12H,5,8-9H2,1-3H3,(H,18,19). The van der Waals surface area contributed by atoms with Crippen LogP contribution in [0.2, 0.25) is 0 Å². The van der Waals surface area contributed by atoms with E-state index >= 15 is 0 Å². The Morgan fingerprint density at radius 2 is 2.00 bits per heavy atom. The molecule has 108 valence electrons. The number of hydrogen-bond acceptors (Lipinski definition) is 2. The second-order valence-electron chi connectivity index (χ2n) is 5.74. The minimum Gasteiger partial charge on any atom is -0.480 e. The molecule has 1 aliphatic rings. The second-order valence-corrected chi connectivity index (χ2v) is 5.74.